The van der Waals surface area contributed by atoms with Crippen molar-refractivity contribution in [3.8, 4) is 0 Å². The highest BCUT2D eigenvalue weighted by Gasteiger charge is 2.42. The third kappa shape index (κ3) is 6.45. The molecule has 0 saturated heterocycles. The van der Waals surface area contributed by atoms with Crippen LogP contribution in [0.4, 0.5) is 0 Å². The Morgan fingerprint density at radius 2 is 2.00 bits per heavy atom. The van der Waals surface area contributed by atoms with Crippen molar-refractivity contribution in [2.75, 3.05) is 6.61 Å². The van der Waals surface area contributed by atoms with E-state index >= 15 is 0 Å². The summed E-state index contributed by atoms with van der Waals surface area (Å²) in [6, 6.07) is 0. The van der Waals surface area contributed by atoms with Gasteiger partial charge in [0, 0.05) is 0 Å². The zero-order chi connectivity index (χ0) is 18.1. The van der Waals surface area contributed by atoms with Crippen molar-refractivity contribution in [1.29, 1.82) is 0 Å². The first kappa shape index (κ1) is 22.4. The summed E-state index contributed by atoms with van der Waals surface area (Å²) in [5.74, 6) is 0.745. The first-order valence-electron chi connectivity index (χ1n) is 9.67. The summed E-state index contributed by atoms with van der Waals surface area (Å²) >= 11 is 0. The van der Waals surface area contributed by atoms with E-state index < -0.39 is 5.60 Å². The minimum Gasteiger partial charge on any atom is -0.465 e. The highest BCUT2D eigenvalue weighted by atomic mass is 16.5. The monoisotopic (exact) mass is 328 g/mol. The zero-order valence-corrected chi connectivity index (χ0v) is 16.6. The van der Waals surface area contributed by atoms with Crippen LogP contribution in [0.2, 0.25) is 0 Å². The predicted molar refractivity (Wildman–Crippen MR) is 97.4 cm³/mol. The van der Waals surface area contributed by atoms with E-state index in [1.807, 2.05) is 27.7 Å². The minimum atomic E-state index is -0.469. The molecule has 4 unspecified atom stereocenters. The van der Waals surface area contributed by atoms with Crippen LogP contribution in [0.3, 0.4) is 0 Å². The molecule has 0 spiro atoms. The molecule has 3 nitrogen and oxygen atoms in total. The number of hydrogen-bond donors (Lipinski definition) is 1. The number of hydrogen-bond acceptors (Lipinski definition) is 3. The van der Waals surface area contributed by atoms with Gasteiger partial charge in [0.2, 0.25) is 0 Å². The molecular formula is C20H40O3. The zero-order valence-electron chi connectivity index (χ0n) is 16.6. The van der Waals surface area contributed by atoms with Gasteiger partial charge in [-0.25, -0.2) is 0 Å². The van der Waals surface area contributed by atoms with Crippen molar-refractivity contribution in [2.24, 2.45) is 17.3 Å². The molecule has 0 aromatic rings. The minimum absolute atomic E-state index is 0.0604. The molecule has 0 aromatic heterocycles. The van der Waals surface area contributed by atoms with Gasteiger partial charge in [-0.3, -0.25) is 4.79 Å². The van der Waals surface area contributed by atoms with Crippen molar-refractivity contribution >= 4 is 5.97 Å². The Bertz CT molecular complexity index is 342. The first-order valence-corrected chi connectivity index (χ1v) is 9.67. The van der Waals surface area contributed by atoms with Crippen molar-refractivity contribution in [3.05, 3.63) is 0 Å². The van der Waals surface area contributed by atoms with Gasteiger partial charge in [0.25, 0.3) is 0 Å². The van der Waals surface area contributed by atoms with E-state index in [0.29, 0.717) is 18.4 Å². The molecule has 23 heavy (non-hydrogen) atoms. The molecule has 1 aliphatic rings. The van der Waals surface area contributed by atoms with Gasteiger partial charge in [-0.15, -0.1) is 0 Å². The van der Waals surface area contributed by atoms with E-state index in [1.54, 1.807) is 0 Å². The lowest BCUT2D eigenvalue weighted by Gasteiger charge is -2.45. The SMILES string of the molecule is CC.CCCC(C)(CC)C(=O)OCCC(C)CC1(O)CCC1C. The summed E-state index contributed by atoms with van der Waals surface area (Å²) in [5.41, 5.74) is -0.803. The summed E-state index contributed by atoms with van der Waals surface area (Å²) in [5, 5.41) is 10.4. The quantitative estimate of drug-likeness (QED) is 0.580. The molecule has 1 fully saturated rings. The topological polar surface area (TPSA) is 46.5 Å². The van der Waals surface area contributed by atoms with Crippen LogP contribution >= 0.6 is 0 Å². The molecule has 1 rings (SSSR count). The third-order valence-electron chi connectivity index (χ3n) is 5.55. The first-order chi connectivity index (χ1) is 10.8. The van der Waals surface area contributed by atoms with Crippen LogP contribution in [-0.2, 0) is 9.53 Å². The predicted octanol–water partition coefficient (Wildman–Crippen LogP) is 5.35. The lowest BCUT2D eigenvalue weighted by atomic mass is 9.66. The smallest absolute Gasteiger partial charge is 0.311 e. The van der Waals surface area contributed by atoms with Gasteiger partial charge in [-0.1, -0.05) is 48.0 Å². The van der Waals surface area contributed by atoms with Crippen LogP contribution in [0.1, 0.15) is 93.4 Å². The molecule has 0 heterocycles. The van der Waals surface area contributed by atoms with E-state index in [2.05, 4.69) is 20.8 Å². The second-order valence-corrected chi connectivity index (χ2v) is 7.44. The van der Waals surface area contributed by atoms with E-state index in [0.717, 1.165) is 44.9 Å². The van der Waals surface area contributed by atoms with E-state index in [-0.39, 0.29) is 11.4 Å². The Labute approximate surface area is 144 Å². The largest absolute Gasteiger partial charge is 0.465 e. The van der Waals surface area contributed by atoms with E-state index in [1.165, 1.54) is 0 Å². The molecule has 138 valence electrons. The maximum absolute atomic E-state index is 12.2. The number of esters is 1. The summed E-state index contributed by atoms with van der Waals surface area (Å²) in [7, 11) is 0. The number of carbonyl (C=O) groups excluding carboxylic acids is 1. The van der Waals surface area contributed by atoms with Gasteiger partial charge in [-0.05, 0) is 57.3 Å². The van der Waals surface area contributed by atoms with Crippen molar-refractivity contribution in [2.45, 2.75) is 99.0 Å². The average Bonchev–Trinajstić information content (AvgIpc) is 2.55. The fourth-order valence-electron chi connectivity index (χ4n) is 3.28. The highest BCUT2D eigenvalue weighted by molar-refractivity contribution is 5.76. The van der Waals surface area contributed by atoms with Crippen molar-refractivity contribution < 1.29 is 14.6 Å². The molecule has 1 N–H and O–H groups in total. The normalized spacial score (nSPS) is 27.0. The molecule has 0 aliphatic heterocycles. The molecular weight excluding hydrogens is 288 g/mol. The van der Waals surface area contributed by atoms with Gasteiger partial charge in [0.05, 0.1) is 17.6 Å². The van der Waals surface area contributed by atoms with Crippen LogP contribution in [0.25, 0.3) is 0 Å². The second-order valence-electron chi connectivity index (χ2n) is 7.44. The van der Waals surface area contributed by atoms with Gasteiger partial charge >= 0.3 is 5.97 Å². The Hall–Kier alpha value is -0.570. The second kappa shape index (κ2) is 10.3. The summed E-state index contributed by atoms with van der Waals surface area (Å²) in [4.78, 5) is 12.2. The third-order valence-corrected chi connectivity index (χ3v) is 5.55. The Balaban J connectivity index is 0.00000232. The van der Waals surface area contributed by atoms with Gasteiger partial charge < -0.3 is 9.84 Å². The summed E-state index contributed by atoms with van der Waals surface area (Å²) < 4.78 is 5.49. The maximum Gasteiger partial charge on any atom is 0.311 e. The van der Waals surface area contributed by atoms with Crippen LogP contribution in [0.15, 0.2) is 0 Å². The molecule has 1 aliphatic carbocycles. The van der Waals surface area contributed by atoms with E-state index in [9.17, 15) is 9.90 Å². The Morgan fingerprint density at radius 3 is 2.39 bits per heavy atom. The van der Waals surface area contributed by atoms with Crippen molar-refractivity contribution in [3.63, 3.8) is 0 Å². The van der Waals surface area contributed by atoms with Gasteiger partial charge in [0.15, 0.2) is 0 Å². The lowest BCUT2D eigenvalue weighted by molar-refractivity contribution is -0.156. The fourth-order valence-corrected chi connectivity index (χ4v) is 3.28. The summed E-state index contributed by atoms with van der Waals surface area (Å²) in [6.07, 6.45) is 6.42. The standard InChI is InChI=1S/C18H34O3.C2H6/c1-6-10-17(5,7-2)16(19)21-12-9-14(3)13-18(20)11-8-15(18)4;1-2/h14-15,20H,6-13H2,1-5H3;1-2H3. The summed E-state index contributed by atoms with van der Waals surface area (Å²) in [6.45, 7) is 14.9. The highest BCUT2D eigenvalue weighted by Crippen LogP contribution is 2.43. The molecule has 0 aromatic carbocycles. The molecule has 3 heteroatoms. The average molecular weight is 329 g/mol. The van der Waals surface area contributed by atoms with E-state index in [4.69, 9.17) is 4.74 Å². The van der Waals surface area contributed by atoms with Crippen LogP contribution < -0.4 is 0 Å². The number of aliphatic hydroxyl groups is 1. The molecule has 0 amide bonds. The Kier molecular flexibility index (Phi) is 10.1. The number of rotatable bonds is 9. The van der Waals surface area contributed by atoms with Crippen LogP contribution in [0, 0.1) is 17.3 Å². The van der Waals surface area contributed by atoms with Crippen LogP contribution in [-0.4, -0.2) is 23.3 Å². The van der Waals surface area contributed by atoms with Gasteiger partial charge in [-0.2, -0.15) is 0 Å². The Morgan fingerprint density at radius 1 is 1.39 bits per heavy atom. The molecule has 1 saturated carbocycles. The molecule has 0 radical (unpaired) electrons. The maximum atomic E-state index is 12.2. The molecule has 0 bridgehead atoms. The van der Waals surface area contributed by atoms with Crippen molar-refractivity contribution in [1.82, 2.24) is 0 Å². The number of carbonyl (C=O) groups is 1. The van der Waals surface area contributed by atoms with Gasteiger partial charge in [0.1, 0.15) is 0 Å². The lowest BCUT2D eigenvalue weighted by Crippen LogP contribution is -2.46. The molecule has 4 atom stereocenters. The van der Waals surface area contributed by atoms with Crippen LogP contribution in [0.5, 0.6) is 0 Å². The fraction of sp³-hybridized carbons (Fsp3) is 0.950. The number of ether oxygens (including phenoxy) is 1.